The van der Waals surface area contributed by atoms with Gasteiger partial charge in [0.1, 0.15) is 5.75 Å². The van der Waals surface area contributed by atoms with Crippen LogP contribution in [-0.4, -0.2) is 38.9 Å². The number of thioether (sulfide) groups is 1. The topological polar surface area (TPSA) is 43.8 Å². The van der Waals surface area contributed by atoms with Crippen molar-refractivity contribution in [2.45, 2.75) is 59.3 Å². The first kappa shape index (κ1) is 21.9. The molecule has 1 aliphatic rings. The summed E-state index contributed by atoms with van der Waals surface area (Å²) in [5.41, 5.74) is 2.23. The summed E-state index contributed by atoms with van der Waals surface area (Å²) in [4.78, 5) is 13.4. The highest BCUT2D eigenvalue weighted by molar-refractivity contribution is 8.26. The molecule has 0 saturated carbocycles. The van der Waals surface area contributed by atoms with Gasteiger partial charge < -0.3 is 5.11 Å². The normalized spacial score (nSPS) is 17.5. The Morgan fingerprint density at radius 2 is 1.63 bits per heavy atom. The molecule has 1 amide bonds. The van der Waals surface area contributed by atoms with Crippen molar-refractivity contribution >= 4 is 40.3 Å². The minimum atomic E-state index is -0.213. The number of phenolic OH excluding ortho intramolecular Hbond substituents is 1. The van der Waals surface area contributed by atoms with Gasteiger partial charge in [-0.25, -0.2) is 10.0 Å². The Morgan fingerprint density at radius 3 is 2.04 bits per heavy atom. The molecule has 0 radical (unpaired) electrons. The van der Waals surface area contributed by atoms with Crippen LogP contribution in [0.4, 0.5) is 0 Å². The predicted molar refractivity (Wildman–Crippen MR) is 119 cm³/mol. The molecule has 1 aromatic carbocycles. The van der Waals surface area contributed by atoms with Crippen molar-refractivity contribution in [3.63, 3.8) is 0 Å². The van der Waals surface area contributed by atoms with Crippen molar-refractivity contribution in [2.75, 3.05) is 13.6 Å². The fourth-order valence-electron chi connectivity index (χ4n) is 2.93. The highest BCUT2D eigenvalue weighted by Gasteiger charge is 2.35. The molecule has 1 N–H and O–H groups in total. The third kappa shape index (κ3) is 4.55. The van der Waals surface area contributed by atoms with Crippen molar-refractivity contribution in [1.82, 2.24) is 10.0 Å². The van der Waals surface area contributed by atoms with E-state index in [1.165, 1.54) is 11.8 Å². The lowest BCUT2D eigenvalue weighted by atomic mass is 9.78. The summed E-state index contributed by atoms with van der Waals surface area (Å²) < 4.78 is 0.543. The van der Waals surface area contributed by atoms with Gasteiger partial charge in [-0.3, -0.25) is 4.79 Å². The largest absolute Gasteiger partial charge is 0.507 e. The number of hydrazine groups is 1. The van der Waals surface area contributed by atoms with Gasteiger partial charge in [0.25, 0.3) is 5.91 Å². The molecule has 2 rings (SSSR count). The van der Waals surface area contributed by atoms with E-state index in [0.29, 0.717) is 21.5 Å². The number of rotatable bonds is 3. The van der Waals surface area contributed by atoms with Gasteiger partial charge >= 0.3 is 0 Å². The van der Waals surface area contributed by atoms with Crippen molar-refractivity contribution in [1.29, 1.82) is 0 Å². The SMILES string of the molecule is CCN(C)N1C(=O)/C(=C/c2cc(C(C)(C)C)c(O)c(C(C)(C)C)c2)SC1=S. The molecule has 148 valence electrons. The number of phenols is 1. The van der Waals surface area contributed by atoms with Crippen LogP contribution in [-0.2, 0) is 15.6 Å². The summed E-state index contributed by atoms with van der Waals surface area (Å²) >= 11 is 6.71. The maximum Gasteiger partial charge on any atom is 0.280 e. The number of amides is 1. The van der Waals surface area contributed by atoms with E-state index in [2.05, 4.69) is 41.5 Å². The molecular formula is C21H30N2O2S2. The highest BCUT2D eigenvalue weighted by Crippen LogP contribution is 2.41. The molecule has 6 heteroatoms. The molecule has 1 aromatic rings. The molecule has 1 heterocycles. The summed E-state index contributed by atoms with van der Waals surface area (Å²) in [6.07, 6.45) is 1.88. The average molecular weight is 407 g/mol. The van der Waals surface area contributed by atoms with Crippen molar-refractivity contribution in [3.05, 3.63) is 33.7 Å². The van der Waals surface area contributed by atoms with Gasteiger partial charge in [-0.1, -0.05) is 72.4 Å². The summed E-state index contributed by atoms with van der Waals surface area (Å²) in [7, 11) is 1.85. The number of aromatic hydroxyl groups is 1. The van der Waals surface area contributed by atoms with E-state index < -0.39 is 0 Å². The first-order chi connectivity index (χ1) is 12.3. The standard InChI is InChI=1S/C21H30N2O2S2/c1-9-22(8)23-18(25)16(27-19(23)26)12-13-10-14(20(2,3)4)17(24)15(11-13)21(5,6)7/h10-12,24H,9H2,1-8H3/b16-12-. The molecule has 0 aromatic heterocycles. The molecule has 0 aliphatic carbocycles. The number of hydrogen-bond acceptors (Lipinski definition) is 5. The minimum absolute atomic E-state index is 0.1000. The molecule has 1 saturated heterocycles. The van der Waals surface area contributed by atoms with Crippen molar-refractivity contribution in [3.8, 4) is 5.75 Å². The van der Waals surface area contributed by atoms with Gasteiger partial charge in [-0.2, -0.15) is 0 Å². The van der Waals surface area contributed by atoms with Crippen LogP contribution in [0.15, 0.2) is 17.0 Å². The Balaban J connectivity index is 2.58. The zero-order chi connectivity index (χ0) is 20.7. The van der Waals surface area contributed by atoms with E-state index in [4.69, 9.17) is 12.2 Å². The van der Waals surface area contributed by atoms with Crippen LogP contribution >= 0.6 is 24.0 Å². The van der Waals surface area contributed by atoms with Crippen LogP contribution in [0.25, 0.3) is 6.08 Å². The lowest BCUT2D eigenvalue weighted by Gasteiger charge is -2.28. The second-order valence-corrected chi connectivity index (χ2v) is 10.6. The molecule has 1 aliphatic heterocycles. The van der Waals surface area contributed by atoms with Crippen LogP contribution in [0.3, 0.4) is 0 Å². The molecule has 0 unspecified atom stereocenters. The molecule has 4 nitrogen and oxygen atoms in total. The van der Waals surface area contributed by atoms with E-state index >= 15 is 0 Å². The number of hydrogen-bond donors (Lipinski definition) is 1. The summed E-state index contributed by atoms with van der Waals surface area (Å²) in [6, 6.07) is 3.95. The molecular weight excluding hydrogens is 376 g/mol. The van der Waals surface area contributed by atoms with Gasteiger partial charge in [0, 0.05) is 24.7 Å². The second kappa shape index (κ2) is 7.57. The highest BCUT2D eigenvalue weighted by atomic mass is 32.2. The lowest BCUT2D eigenvalue weighted by Crippen LogP contribution is -2.42. The minimum Gasteiger partial charge on any atom is -0.507 e. The fourth-order valence-corrected chi connectivity index (χ4v) is 4.29. The zero-order valence-corrected chi connectivity index (χ0v) is 19.1. The van der Waals surface area contributed by atoms with Gasteiger partial charge in [0.15, 0.2) is 4.32 Å². The predicted octanol–water partition coefficient (Wildman–Crippen LogP) is 5.06. The number of carbonyl (C=O) groups excluding carboxylic acids is 1. The maximum atomic E-state index is 12.8. The Kier molecular flexibility index (Phi) is 6.15. The smallest absolute Gasteiger partial charge is 0.280 e. The first-order valence-electron chi connectivity index (χ1n) is 9.14. The molecule has 27 heavy (non-hydrogen) atoms. The lowest BCUT2D eigenvalue weighted by molar-refractivity contribution is -0.131. The van der Waals surface area contributed by atoms with Crippen LogP contribution in [0.5, 0.6) is 5.75 Å². The van der Waals surface area contributed by atoms with Gasteiger partial charge in [0.05, 0.1) is 4.91 Å². The van der Waals surface area contributed by atoms with Gasteiger partial charge in [-0.05, 0) is 34.6 Å². The number of benzene rings is 1. The Labute approximate surface area is 172 Å². The number of carbonyl (C=O) groups is 1. The van der Waals surface area contributed by atoms with Crippen LogP contribution in [0.1, 0.15) is 65.2 Å². The third-order valence-electron chi connectivity index (χ3n) is 4.62. The second-order valence-electron chi connectivity index (χ2n) is 8.93. The van der Waals surface area contributed by atoms with Gasteiger partial charge in [-0.15, -0.1) is 0 Å². The van der Waals surface area contributed by atoms with Gasteiger partial charge in [0.2, 0.25) is 0 Å². The van der Waals surface area contributed by atoms with E-state index in [9.17, 15) is 9.90 Å². The average Bonchev–Trinajstić information content (AvgIpc) is 2.80. The summed E-state index contributed by atoms with van der Waals surface area (Å²) in [6.45, 7) is 15.1. The summed E-state index contributed by atoms with van der Waals surface area (Å²) in [5.74, 6) is 0.238. The van der Waals surface area contributed by atoms with E-state index in [-0.39, 0.29) is 16.7 Å². The quantitative estimate of drug-likeness (QED) is 0.562. The van der Waals surface area contributed by atoms with E-state index in [1.54, 1.807) is 5.01 Å². The van der Waals surface area contributed by atoms with Crippen LogP contribution in [0.2, 0.25) is 0 Å². The molecule has 0 spiro atoms. The zero-order valence-electron chi connectivity index (χ0n) is 17.5. The van der Waals surface area contributed by atoms with Crippen molar-refractivity contribution < 1.29 is 9.90 Å². The Hall–Kier alpha value is -1.37. The fraction of sp³-hybridized carbons (Fsp3) is 0.524. The molecule has 0 bridgehead atoms. The van der Waals surface area contributed by atoms with Crippen molar-refractivity contribution in [2.24, 2.45) is 0 Å². The third-order valence-corrected chi connectivity index (χ3v) is 5.90. The monoisotopic (exact) mass is 406 g/mol. The Morgan fingerprint density at radius 1 is 1.15 bits per heavy atom. The van der Waals surface area contributed by atoms with Crippen LogP contribution < -0.4 is 0 Å². The first-order valence-corrected chi connectivity index (χ1v) is 10.4. The van der Waals surface area contributed by atoms with E-state index in [0.717, 1.165) is 16.7 Å². The molecule has 0 atom stereocenters. The number of nitrogens with zero attached hydrogens (tertiary/aromatic N) is 2. The molecule has 1 fully saturated rings. The van der Waals surface area contributed by atoms with E-state index in [1.807, 2.05) is 37.2 Å². The van der Waals surface area contributed by atoms with Crippen LogP contribution in [0, 0.1) is 0 Å². The maximum absolute atomic E-state index is 12.8. The Bertz CT molecular complexity index is 766. The number of thiocarbonyl (C=S) groups is 1. The summed E-state index contributed by atoms with van der Waals surface area (Å²) in [5, 5.41) is 14.2.